The fourth-order valence-corrected chi connectivity index (χ4v) is 2.50. The molecular formula is C15H17N7O3. The molecule has 1 saturated carbocycles. The van der Waals surface area contributed by atoms with Gasteiger partial charge in [-0.25, -0.2) is 14.3 Å². The molecule has 1 amide bonds. The summed E-state index contributed by atoms with van der Waals surface area (Å²) in [6.07, 6.45) is 2.62. The van der Waals surface area contributed by atoms with Crippen molar-refractivity contribution in [3.8, 4) is 0 Å². The predicted molar refractivity (Wildman–Crippen MR) is 87.5 cm³/mol. The number of carbonyl (C=O) groups excluding carboxylic acids is 2. The molecule has 0 unspecified atom stereocenters. The first kappa shape index (κ1) is 16.7. The summed E-state index contributed by atoms with van der Waals surface area (Å²) in [7, 11) is 0. The average molecular weight is 343 g/mol. The zero-order valence-corrected chi connectivity index (χ0v) is 14.1. The van der Waals surface area contributed by atoms with Crippen molar-refractivity contribution in [2.75, 3.05) is 0 Å². The highest BCUT2D eigenvalue weighted by molar-refractivity contribution is 5.84. The normalized spacial score (nSPS) is 15.3. The molecule has 0 saturated heterocycles. The van der Waals surface area contributed by atoms with Crippen molar-refractivity contribution in [1.29, 1.82) is 0 Å². The second-order valence-electron chi connectivity index (χ2n) is 6.90. The van der Waals surface area contributed by atoms with Crippen LogP contribution in [-0.2, 0) is 10.3 Å². The molecule has 2 heterocycles. The van der Waals surface area contributed by atoms with Gasteiger partial charge in [0.2, 0.25) is 0 Å². The third-order valence-electron chi connectivity index (χ3n) is 3.70. The van der Waals surface area contributed by atoms with Gasteiger partial charge in [-0.3, -0.25) is 4.79 Å². The number of hydrogen-bond donors (Lipinski definition) is 1. The lowest BCUT2D eigenvalue weighted by molar-refractivity contribution is 0.0717. The molecule has 0 aromatic carbocycles. The van der Waals surface area contributed by atoms with Crippen LogP contribution in [0.3, 0.4) is 0 Å². The molecule has 25 heavy (non-hydrogen) atoms. The molecule has 0 radical (unpaired) electrons. The number of aromatic nitrogens is 3. The predicted octanol–water partition coefficient (Wildman–Crippen LogP) is 3.00. The Morgan fingerprint density at radius 1 is 1.52 bits per heavy atom. The monoisotopic (exact) mass is 343 g/mol. The Morgan fingerprint density at radius 3 is 2.80 bits per heavy atom. The van der Waals surface area contributed by atoms with Crippen LogP contribution in [0.15, 0.2) is 17.4 Å². The van der Waals surface area contributed by atoms with E-state index in [1.807, 2.05) is 20.8 Å². The molecule has 0 spiro atoms. The summed E-state index contributed by atoms with van der Waals surface area (Å²) >= 11 is 0. The number of azide groups is 1. The summed E-state index contributed by atoms with van der Waals surface area (Å²) < 4.78 is 7.08. The zero-order chi connectivity index (χ0) is 18.2. The highest BCUT2D eigenvalue weighted by atomic mass is 16.6. The number of carbonyl (C=O) groups is 2. The van der Waals surface area contributed by atoms with Crippen LogP contribution in [-0.4, -0.2) is 32.5 Å². The summed E-state index contributed by atoms with van der Waals surface area (Å²) in [4.78, 5) is 30.2. The van der Waals surface area contributed by atoms with E-state index in [2.05, 4.69) is 25.4 Å². The lowest BCUT2D eigenvalue weighted by atomic mass is 10.1. The third kappa shape index (κ3) is 3.24. The SMILES string of the molecule is CC(C)(C)NC(=O)OC1(c2cc(N=[N+]=[N-])nc3c(C=O)cnn23)CC1. The first-order chi connectivity index (χ1) is 11.8. The van der Waals surface area contributed by atoms with Gasteiger partial charge in [-0.05, 0) is 50.3 Å². The first-order valence-corrected chi connectivity index (χ1v) is 7.69. The summed E-state index contributed by atoms with van der Waals surface area (Å²) in [5.41, 5.74) is 8.38. The number of nitrogens with one attached hydrogen (secondary N) is 1. The summed E-state index contributed by atoms with van der Waals surface area (Å²) in [5.74, 6) is 0.0831. The van der Waals surface area contributed by atoms with Gasteiger partial charge in [0.05, 0.1) is 17.5 Å². The second-order valence-corrected chi connectivity index (χ2v) is 6.90. The maximum atomic E-state index is 12.2. The molecule has 3 rings (SSSR count). The van der Waals surface area contributed by atoms with Crippen molar-refractivity contribution in [3.63, 3.8) is 0 Å². The fourth-order valence-electron chi connectivity index (χ4n) is 2.50. The van der Waals surface area contributed by atoms with Crippen LogP contribution in [0.4, 0.5) is 10.6 Å². The minimum atomic E-state index is -0.886. The second kappa shape index (κ2) is 5.75. The van der Waals surface area contributed by atoms with Crippen molar-refractivity contribution >= 4 is 23.8 Å². The van der Waals surface area contributed by atoms with Gasteiger partial charge in [-0.15, -0.1) is 0 Å². The Bertz CT molecular complexity index is 902. The van der Waals surface area contributed by atoms with Gasteiger partial charge in [0.15, 0.2) is 17.5 Å². The maximum Gasteiger partial charge on any atom is 0.408 e. The van der Waals surface area contributed by atoms with Crippen molar-refractivity contribution < 1.29 is 14.3 Å². The van der Waals surface area contributed by atoms with Crippen molar-refractivity contribution in [2.24, 2.45) is 5.11 Å². The quantitative estimate of drug-likeness (QED) is 0.394. The largest absolute Gasteiger partial charge is 0.436 e. The first-order valence-electron chi connectivity index (χ1n) is 7.69. The maximum absolute atomic E-state index is 12.2. The number of hydrogen-bond acceptors (Lipinski definition) is 6. The number of amides is 1. The highest BCUT2D eigenvalue weighted by Gasteiger charge is 2.51. The standard InChI is InChI=1S/C15H17N7O3/c1-14(2,3)19-13(24)25-15(4-5-15)10-6-11(20-21-16)18-12-9(8-23)7-17-22(10)12/h6-8H,4-5H2,1-3H3,(H,19,24). The van der Waals surface area contributed by atoms with Crippen LogP contribution < -0.4 is 5.32 Å². The Balaban J connectivity index is 2.05. The van der Waals surface area contributed by atoms with E-state index in [-0.39, 0.29) is 17.0 Å². The van der Waals surface area contributed by atoms with E-state index in [1.165, 1.54) is 16.8 Å². The molecular weight excluding hydrogens is 326 g/mol. The smallest absolute Gasteiger partial charge is 0.408 e. The van der Waals surface area contributed by atoms with Gasteiger partial charge in [0.25, 0.3) is 0 Å². The number of fused-ring (bicyclic) bond motifs is 1. The summed E-state index contributed by atoms with van der Waals surface area (Å²) in [6, 6.07) is 1.52. The molecule has 10 nitrogen and oxygen atoms in total. The van der Waals surface area contributed by atoms with Crippen LogP contribution in [0, 0.1) is 0 Å². The molecule has 1 N–H and O–H groups in total. The van der Waals surface area contributed by atoms with Crippen LogP contribution >= 0.6 is 0 Å². The molecule has 1 aliphatic carbocycles. The molecule has 2 aromatic rings. The van der Waals surface area contributed by atoms with E-state index in [1.54, 1.807) is 0 Å². The van der Waals surface area contributed by atoms with Crippen LogP contribution in [0.1, 0.15) is 49.7 Å². The Morgan fingerprint density at radius 2 is 2.24 bits per heavy atom. The number of aldehydes is 1. The van der Waals surface area contributed by atoms with E-state index in [4.69, 9.17) is 10.3 Å². The lowest BCUT2D eigenvalue weighted by Gasteiger charge is -2.24. The number of rotatable bonds is 4. The van der Waals surface area contributed by atoms with Gasteiger partial charge in [-0.1, -0.05) is 0 Å². The van der Waals surface area contributed by atoms with E-state index in [0.29, 0.717) is 24.8 Å². The van der Waals surface area contributed by atoms with Gasteiger partial charge in [0, 0.05) is 10.5 Å². The molecule has 10 heteroatoms. The van der Waals surface area contributed by atoms with Crippen LogP contribution in [0.2, 0.25) is 0 Å². The van der Waals surface area contributed by atoms with Gasteiger partial charge in [-0.2, -0.15) is 5.10 Å². The molecule has 130 valence electrons. The van der Waals surface area contributed by atoms with Crippen molar-refractivity contribution in [1.82, 2.24) is 19.9 Å². The summed E-state index contributed by atoms with van der Waals surface area (Å²) in [6.45, 7) is 5.55. The molecule has 2 aromatic heterocycles. The van der Waals surface area contributed by atoms with Crippen LogP contribution in [0.5, 0.6) is 0 Å². The highest BCUT2D eigenvalue weighted by Crippen LogP contribution is 2.49. The van der Waals surface area contributed by atoms with E-state index in [0.717, 1.165) is 0 Å². The Kier molecular flexibility index (Phi) is 3.84. The lowest BCUT2D eigenvalue weighted by Crippen LogP contribution is -2.42. The summed E-state index contributed by atoms with van der Waals surface area (Å²) in [5, 5.41) is 10.4. The number of ether oxygens (including phenoxy) is 1. The van der Waals surface area contributed by atoms with Crippen molar-refractivity contribution in [3.05, 3.63) is 34.0 Å². The minimum Gasteiger partial charge on any atom is -0.436 e. The molecule has 0 bridgehead atoms. The topological polar surface area (TPSA) is 134 Å². The molecule has 1 aliphatic rings. The Hall–Kier alpha value is -3.13. The van der Waals surface area contributed by atoms with E-state index in [9.17, 15) is 9.59 Å². The van der Waals surface area contributed by atoms with Crippen LogP contribution in [0.25, 0.3) is 16.1 Å². The zero-order valence-electron chi connectivity index (χ0n) is 14.1. The van der Waals surface area contributed by atoms with Gasteiger partial charge >= 0.3 is 6.09 Å². The number of alkyl carbamates (subject to hydrolysis) is 1. The number of nitrogens with zero attached hydrogens (tertiary/aromatic N) is 6. The third-order valence-corrected chi connectivity index (χ3v) is 3.70. The van der Waals surface area contributed by atoms with Gasteiger partial charge in [0.1, 0.15) is 5.82 Å². The minimum absolute atomic E-state index is 0.0831. The fraction of sp³-hybridized carbons (Fsp3) is 0.467. The van der Waals surface area contributed by atoms with E-state index >= 15 is 0 Å². The van der Waals surface area contributed by atoms with Gasteiger partial charge < -0.3 is 10.1 Å². The van der Waals surface area contributed by atoms with Crippen molar-refractivity contribution in [2.45, 2.75) is 44.8 Å². The Labute approximate surface area is 142 Å². The van der Waals surface area contributed by atoms with E-state index < -0.39 is 17.2 Å². The molecule has 1 fully saturated rings. The molecule has 0 atom stereocenters. The molecule has 0 aliphatic heterocycles. The average Bonchev–Trinajstić information content (AvgIpc) is 3.16.